The van der Waals surface area contributed by atoms with Crippen LogP contribution < -0.4 is 10.6 Å². The van der Waals surface area contributed by atoms with Crippen molar-refractivity contribution in [2.24, 2.45) is 4.99 Å². The number of likely N-dealkylation sites (N-methyl/N-ethyl adjacent to an activating group) is 2. The third kappa shape index (κ3) is 7.78. The Labute approximate surface area is 182 Å². The van der Waals surface area contributed by atoms with Crippen LogP contribution in [0.5, 0.6) is 0 Å². The zero-order chi connectivity index (χ0) is 21.1. The third-order valence-corrected chi connectivity index (χ3v) is 6.08. The average Bonchev–Trinajstić information content (AvgIpc) is 2.94. The van der Waals surface area contributed by atoms with Gasteiger partial charge in [-0.15, -0.1) is 0 Å². The highest BCUT2D eigenvalue weighted by atomic mass is 35.5. The van der Waals surface area contributed by atoms with Crippen LogP contribution in [0.15, 0.2) is 29.3 Å². The number of benzene rings is 1. The van der Waals surface area contributed by atoms with Crippen molar-refractivity contribution in [1.29, 1.82) is 0 Å². The maximum Gasteiger partial charge on any atom is 0.191 e. The molecule has 0 aromatic heterocycles. The maximum absolute atomic E-state index is 6.51. The van der Waals surface area contributed by atoms with Crippen LogP contribution in [0.3, 0.4) is 0 Å². The lowest BCUT2D eigenvalue weighted by molar-refractivity contribution is 0.219. The lowest BCUT2D eigenvalue weighted by Gasteiger charge is -2.31. The summed E-state index contributed by atoms with van der Waals surface area (Å²) in [5.41, 5.74) is 1.16. The second-order valence-electron chi connectivity index (χ2n) is 7.64. The molecule has 0 amide bonds. The van der Waals surface area contributed by atoms with Gasteiger partial charge in [0.2, 0.25) is 0 Å². The molecule has 2 rings (SSSR count). The Morgan fingerprint density at radius 2 is 1.90 bits per heavy atom. The number of halogens is 1. The molecule has 1 aliphatic rings. The first-order valence-electron chi connectivity index (χ1n) is 10.9. The van der Waals surface area contributed by atoms with Gasteiger partial charge in [0.05, 0.1) is 6.04 Å². The molecule has 1 aromatic carbocycles. The third-order valence-electron chi connectivity index (χ3n) is 5.74. The topological polar surface area (TPSA) is 46.1 Å². The summed E-state index contributed by atoms with van der Waals surface area (Å²) in [6.07, 6.45) is 1.24. The van der Waals surface area contributed by atoms with Gasteiger partial charge < -0.3 is 20.4 Å². The van der Waals surface area contributed by atoms with Crippen LogP contribution in [-0.2, 0) is 0 Å². The number of guanidine groups is 1. The van der Waals surface area contributed by atoms with E-state index in [9.17, 15) is 0 Å². The quantitative estimate of drug-likeness (QED) is 0.473. The van der Waals surface area contributed by atoms with E-state index >= 15 is 0 Å². The molecule has 0 spiro atoms. The number of hydrogen-bond acceptors (Lipinski definition) is 4. The summed E-state index contributed by atoms with van der Waals surface area (Å²) in [6, 6.07) is 8.35. The summed E-state index contributed by atoms with van der Waals surface area (Å²) in [7, 11) is 4.04. The van der Waals surface area contributed by atoms with Crippen LogP contribution in [-0.4, -0.2) is 93.7 Å². The second kappa shape index (κ2) is 13.1. The maximum atomic E-state index is 6.51. The van der Waals surface area contributed by atoms with Gasteiger partial charge in [-0.3, -0.25) is 9.89 Å². The largest absolute Gasteiger partial charge is 0.355 e. The normalized spacial score (nSPS) is 17.9. The van der Waals surface area contributed by atoms with E-state index in [1.54, 1.807) is 0 Å². The van der Waals surface area contributed by atoms with E-state index in [1.807, 2.05) is 19.2 Å². The van der Waals surface area contributed by atoms with Crippen molar-refractivity contribution in [2.45, 2.75) is 26.3 Å². The molecule has 2 N–H and O–H groups in total. The summed E-state index contributed by atoms with van der Waals surface area (Å²) in [6.45, 7) is 13.7. The van der Waals surface area contributed by atoms with Crippen molar-refractivity contribution in [3.8, 4) is 0 Å². The Morgan fingerprint density at radius 3 is 2.59 bits per heavy atom. The fraction of sp³-hybridized carbons (Fsp3) is 0.682. The smallest absolute Gasteiger partial charge is 0.191 e. The summed E-state index contributed by atoms with van der Waals surface area (Å²) >= 11 is 6.51. The van der Waals surface area contributed by atoms with Crippen LogP contribution in [0.2, 0.25) is 5.02 Å². The van der Waals surface area contributed by atoms with E-state index in [4.69, 9.17) is 11.6 Å². The van der Waals surface area contributed by atoms with E-state index < -0.39 is 0 Å². The highest BCUT2D eigenvalue weighted by molar-refractivity contribution is 6.31. The molecule has 7 heteroatoms. The van der Waals surface area contributed by atoms with Gasteiger partial charge in [-0.2, -0.15) is 0 Å². The van der Waals surface area contributed by atoms with Crippen molar-refractivity contribution in [3.05, 3.63) is 34.9 Å². The molecule has 0 aliphatic carbocycles. The Hall–Kier alpha value is -1.34. The molecule has 1 aromatic rings. The van der Waals surface area contributed by atoms with Gasteiger partial charge in [-0.05, 0) is 51.3 Å². The first kappa shape index (κ1) is 23.9. The zero-order valence-corrected chi connectivity index (χ0v) is 19.4. The predicted octanol–water partition coefficient (Wildman–Crippen LogP) is 2.53. The first-order valence-corrected chi connectivity index (χ1v) is 11.3. The number of hydrogen-bond donors (Lipinski definition) is 2. The van der Waals surface area contributed by atoms with E-state index in [-0.39, 0.29) is 6.04 Å². The van der Waals surface area contributed by atoms with Gasteiger partial charge in [-0.1, -0.05) is 43.6 Å². The average molecular weight is 423 g/mol. The SMILES string of the molecule is CCN(CC)C(CNC(=NC)NCCN1CCCN(C)CC1)c1ccccc1Cl. The molecule has 1 heterocycles. The number of aliphatic imine (C=N–C) groups is 1. The second-order valence-corrected chi connectivity index (χ2v) is 8.04. The van der Waals surface area contributed by atoms with Crippen LogP contribution in [0.1, 0.15) is 31.9 Å². The summed E-state index contributed by atoms with van der Waals surface area (Å²) in [4.78, 5) is 11.8. The predicted molar refractivity (Wildman–Crippen MR) is 125 cm³/mol. The van der Waals surface area contributed by atoms with E-state index in [0.29, 0.717) is 0 Å². The minimum atomic E-state index is 0.207. The molecule has 0 bridgehead atoms. The van der Waals surface area contributed by atoms with Gasteiger partial charge in [0, 0.05) is 44.8 Å². The molecule has 0 saturated carbocycles. The molecular formula is C22H39ClN6. The molecule has 1 unspecified atom stereocenters. The molecule has 164 valence electrons. The molecule has 1 fully saturated rings. The molecule has 0 radical (unpaired) electrons. The molecule has 1 atom stereocenters. The Bertz CT molecular complexity index is 619. The van der Waals surface area contributed by atoms with Crippen LogP contribution >= 0.6 is 11.6 Å². The standard InChI is InChI=1S/C22H39ClN6/c1-5-29(6-2)21(19-10-7-8-11-20(19)23)18-26-22(24-3)25-12-15-28-14-9-13-27(4)16-17-28/h7-8,10-11,21H,5-6,9,12-18H2,1-4H3,(H2,24,25,26). The summed E-state index contributed by atoms with van der Waals surface area (Å²) in [5.74, 6) is 0.848. The highest BCUT2D eigenvalue weighted by Gasteiger charge is 2.20. The Morgan fingerprint density at radius 1 is 1.14 bits per heavy atom. The van der Waals surface area contributed by atoms with Gasteiger partial charge in [-0.25, -0.2) is 0 Å². The van der Waals surface area contributed by atoms with Crippen molar-refractivity contribution in [3.63, 3.8) is 0 Å². The summed E-state index contributed by atoms with van der Waals surface area (Å²) < 4.78 is 0. The molecule has 1 saturated heterocycles. The number of rotatable bonds is 9. The summed E-state index contributed by atoms with van der Waals surface area (Å²) in [5, 5.41) is 7.81. The van der Waals surface area contributed by atoms with Gasteiger partial charge in [0.1, 0.15) is 0 Å². The lowest BCUT2D eigenvalue weighted by Crippen LogP contribution is -2.45. The fourth-order valence-electron chi connectivity index (χ4n) is 3.92. The van der Waals surface area contributed by atoms with Crippen molar-refractivity contribution in [2.75, 3.05) is 73.0 Å². The van der Waals surface area contributed by atoms with Crippen LogP contribution in [0, 0.1) is 0 Å². The molecule has 29 heavy (non-hydrogen) atoms. The van der Waals surface area contributed by atoms with Crippen LogP contribution in [0.4, 0.5) is 0 Å². The van der Waals surface area contributed by atoms with Crippen molar-refractivity contribution < 1.29 is 0 Å². The van der Waals surface area contributed by atoms with Gasteiger partial charge >= 0.3 is 0 Å². The Balaban J connectivity index is 1.88. The monoisotopic (exact) mass is 422 g/mol. The zero-order valence-electron chi connectivity index (χ0n) is 18.6. The van der Waals surface area contributed by atoms with Crippen molar-refractivity contribution >= 4 is 17.6 Å². The van der Waals surface area contributed by atoms with E-state index in [2.05, 4.69) is 63.4 Å². The van der Waals surface area contributed by atoms with Gasteiger partial charge in [0.15, 0.2) is 5.96 Å². The van der Waals surface area contributed by atoms with E-state index in [1.165, 1.54) is 19.5 Å². The van der Waals surface area contributed by atoms with Gasteiger partial charge in [0.25, 0.3) is 0 Å². The lowest BCUT2D eigenvalue weighted by atomic mass is 10.0. The Kier molecular flexibility index (Phi) is 10.8. The minimum absolute atomic E-state index is 0.207. The minimum Gasteiger partial charge on any atom is -0.355 e. The molecule has 6 nitrogen and oxygen atoms in total. The first-order chi connectivity index (χ1) is 14.1. The number of nitrogens with one attached hydrogen (secondary N) is 2. The molecule has 1 aliphatic heterocycles. The fourth-order valence-corrected chi connectivity index (χ4v) is 4.18. The number of nitrogens with zero attached hydrogens (tertiary/aromatic N) is 4. The van der Waals surface area contributed by atoms with E-state index in [0.717, 1.165) is 62.4 Å². The highest BCUT2D eigenvalue weighted by Crippen LogP contribution is 2.26. The van der Waals surface area contributed by atoms with Crippen LogP contribution in [0.25, 0.3) is 0 Å². The molecular weight excluding hydrogens is 384 g/mol. The van der Waals surface area contributed by atoms with Crippen molar-refractivity contribution in [1.82, 2.24) is 25.3 Å².